The van der Waals surface area contributed by atoms with Crippen molar-refractivity contribution in [2.45, 2.75) is 11.4 Å². The van der Waals surface area contributed by atoms with E-state index in [1.807, 2.05) is 30.3 Å². The average molecular weight is 440 g/mol. The van der Waals surface area contributed by atoms with Crippen molar-refractivity contribution >= 4 is 44.4 Å². The molecule has 0 saturated heterocycles. The van der Waals surface area contributed by atoms with Crippen molar-refractivity contribution in [2.24, 2.45) is 0 Å². The van der Waals surface area contributed by atoms with Gasteiger partial charge in [0.1, 0.15) is 17.1 Å². The van der Waals surface area contributed by atoms with E-state index in [-0.39, 0.29) is 17.5 Å². The zero-order valence-corrected chi connectivity index (χ0v) is 17.8. The van der Waals surface area contributed by atoms with Gasteiger partial charge in [0.05, 0.1) is 24.1 Å². The molecular weight excluding hydrogens is 421 g/mol. The molecule has 0 N–H and O–H groups in total. The van der Waals surface area contributed by atoms with Crippen LogP contribution in [0.5, 0.6) is 5.75 Å². The SMILES string of the molecule is COc1cccc2sc(N(Cc3cccnc3)C(=O)CSc3ccc(F)cc3)nc12. The Morgan fingerprint density at radius 2 is 2.00 bits per heavy atom. The van der Waals surface area contributed by atoms with Gasteiger partial charge in [-0.15, -0.1) is 11.8 Å². The maximum absolute atomic E-state index is 13.2. The second-order valence-electron chi connectivity index (χ2n) is 6.39. The van der Waals surface area contributed by atoms with Gasteiger partial charge in [0.2, 0.25) is 5.91 Å². The number of hydrogen-bond acceptors (Lipinski definition) is 6. The zero-order chi connectivity index (χ0) is 20.9. The number of benzene rings is 2. The Hall–Kier alpha value is -2.97. The maximum atomic E-state index is 13.2. The summed E-state index contributed by atoms with van der Waals surface area (Å²) in [7, 11) is 1.60. The second-order valence-corrected chi connectivity index (χ2v) is 8.45. The summed E-state index contributed by atoms with van der Waals surface area (Å²) >= 11 is 2.80. The highest BCUT2D eigenvalue weighted by Gasteiger charge is 2.21. The fourth-order valence-corrected chi connectivity index (χ4v) is 4.66. The molecule has 4 rings (SSSR count). The highest BCUT2D eigenvalue weighted by Crippen LogP contribution is 2.35. The predicted octanol–water partition coefficient (Wildman–Crippen LogP) is 5.16. The monoisotopic (exact) mass is 439 g/mol. The number of ether oxygens (including phenoxy) is 1. The third-order valence-corrected chi connectivity index (χ3v) is 6.40. The Morgan fingerprint density at radius 1 is 1.17 bits per heavy atom. The standard InChI is InChI=1S/C22H18FN3O2S2/c1-28-18-5-2-6-19-21(18)25-22(30-19)26(13-15-4-3-11-24-12-15)20(27)14-29-17-9-7-16(23)8-10-17/h2-12H,13-14H2,1H3. The van der Waals surface area contributed by atoms with Crippen LogP contribution >= 0.6 is 23.1 Å². The smallest absolute Gasteiger partial charge is 0.239 e. The molecule has 0 aliphatic rings. The lowest BCUT2D eigenvalue weighted by molar-refractivity contribution is -0.116. The molecule has 1 amide bonds. The minimum atomic E-state index is -0.299. The lowest BCUT2D eigenvalue weighted by Crippen LogP contribution is -2.31. The highest BCUT2D eigenvalue weighted by atomic mass is 32.2. The molecule has 2 aromatic carbocycles. The number of thiazole rings is 1. The number of carbonyl (C=O) groups is 1. The summed E-state index contributed by atoms with van der Waals surface area (Å²) in [5.41, 5.74) is 1.64. The van der Waals surface area contributed by atoms with E-state index in [4.69, 9.17) is 4.74 Å². The number of aromatic nitrogens is 2. The molecule has 0 spiro atoms. The lowest BCUT2D eigenvalue weighted by atomic mass is 10.2. The summed E-state index contributed by atoms with van der Waals surface area (Å²) < 4.78 is 19.5. The fraction of sp³-hybridized carbons (Fsp3) is 0.136. The molecule has 0 saturated carbocycles. The minimum absolute atomic E-state index is 0.0915. The molecular formula is C22H18FN3O2S2. The number of nitrogens with zero attached hydrogens (tertiary/aromatic N) is 3. The molecule has 2 heterocycles. The van der Waals surface area contributed by atoms with E-state index in [1.54, 1.807) is 36.5 Å². The van der Waals surface area contributed by atoms with Crippen LogP contribution in [0, 0.1) is 5.82 Å². The number of thioether (sulfide) groups is 1. The quantitative estimate of drug-likeness (QED) is 0.372. The van der Waals surface area contributed by atoms with Gasteiger partial charge in [-0.25, -0.2) is 9.37 Å². The molecule has 152 valence electrons. The van der Waals surface area contributed by atoms with Gasteiger partial charge in [-0.2, -0.15) is 0 Å². The molecule has 4 aromatic rings. The summed E-state index contributed by atoms with van der Waals surface area (Å²) in [6.45, 7) is 0.360. The highest BCUT2D eigenvalue weighted by molar-refractivity contribution is 8.00. The van der Waals surface area contributed by atoms with Gasteiger partial charge >= 0.3 is 0 Å². The molecule has 0 aliphatic carbocycles. The lowest BCUT2D eigenvalue weighted by Gasteiger charge is -2.19. The first-order valence-electron chi connectivity index (χ1n) is 9.15. The maximum Gasteiger partial charge on any atom is 0.239 e. The average Bonchev–Trinajstić information content (AvgIpc) is 3.21. The number of amides is 1. The molecule has 2 aromatic heterocycles. The first-order chi connectivity index (χ1) is 14.6. The Morgan fingerprint density at radius 3 is 2.73 bits per heavy atom. The third kappa shape index (κ3) is 4.60. The Balaban J connectivity index is 1.62. The number of anilines is 1. The van der Waals surface area contributed by atoms with Crippen LogP contribution in [0.1, 0.15) is 5.56 Å². The normalized spacial score (nSPS) is 10.9. The number of halogens is 1. The Kier molecular flexibility index (Phi) is 6.25. The molecule has 0 unspecified atom stereocenters. The van der Waals surface area contributed by atoms with Gasteiger partial charge in [-0.3, -0.25) is 14.7 Å². The summed E-state index contributed by atoms with van der Waals surface area (Å²) in [5.74, 6) is 0.488. The van der Waals surface area contributed by atoms with Crippen molar-refractivity contribution in [3.05, 3.63) is 78.4 Å². The van der Waals surface area contributed by atoms with E-state index in [9.17, 15) is 9.18 Å². The summed E-state index contributed by atoms with van der Waals surface area (Å²) in [5, 5.41) is 0.600. The number of fused-ring (bicyclic) bond motifs is 1. The summed E-state index contributed by atoms with van der Waals surface area (Å²) in [6, 6.07) is 15.6. The third-order valence-electron chi connectivity index (χ3n) is 4.36. The van der Waals surface area contributed by atoms with Crippen molar-refractivity contribution in [3.63, 3.8) is 0 Å². The summed E-state index contributed by atoms with van der Waals surface area (Å²) in [6.07, 6.45) is 3.43. The molecule has 8 heteroatoms. The van der Waals surface area contributed by atoms with Crippen LogP contribution in [-0.4, -0.2) is 28.7 Å². The van der Waals surface area contributed by atoms with E-state index in [2.05, 4.69) is 9.97 Å². The molecule has 0 fully saturated rings. The number of para-hydroxylation sites is 1. The topological polar surface area (TPSA) is 55.3 Å². The number of methoxy groups -OCH3 is 1. The van der Waals surface area contributed by atoms with E-state index >= 15 is 0 Å². The van der Waals surface area contributed by atoms with Crippen molar-refractivity contribution in [2.75, 3.05) is 17.8 Å². The van der Waals surface area contributed by atoms with Gasteiger partial charge < -0.3 is 4.74 Å². The largest absolute Gasteiger partial charge is 0.494 e. The van der Waals surface area contributed by atoms with E-state index in [1.165, 1.54) is 35.2 Å². The van der Waals surface area contributed by atoms with Crippen LogP contribution < -0.4 is 9.64 Å². The van der Waals surface area contributed by atoms with Crippen molar-refractivity contribution in [1.82, 2.24) is 9.97 Å². The molecule has 0 atom stereocenters. The number of hydrogen-bond donors (Lipinski definition) is 0. The second kappa shape index (κ2) is 9.23. The molecule has 0 aliphatic heterocycles. The van der Waals surface area contributed by atoms with Crippen molar-refractivity contribution in [1.29, 1.82) is 0 Å². The number of carbonyl (C=O) groups excluding carboxylic acids is 1. The van der Waals surface area contributed by atoms with Crippen LogP contribution in [0.4, 0.5) is 9.52 Å². The fourth-order valence-electron chi connectivity index (χ4n) is 2.88. The first-order valence-corrected chi connectivity index (χ1v) is 11.0. The number of rotatable bonds is 7. The molecule has 30 heavy (non-hydrogen) atoms. The van der Waals surface area contributed by atoms with Crippen molar-refractivity contribution < 1.29 is 13.9 Å². The molecule has 0 radical (unpaired) electrons. The van der Waals surface area contributed by atoms with Crippen LogP contribution in [0.15, 0.2) is 71.9 Å². The van der Waals surface area contributed by atoms with Gasteiger partial charge in [0.25, 0.3) is 0 Å². The van der Waals surface area contributed by atoms with Crippen LogP contribution in [0.2, 0.25) is 0 Å². The van der Waals surface area contributed by atoms with E-state index < -0.39 is 0 Å². The number of pyridine rings is 1. The van der Waals surface area contributed by atoms with Crippen molar-refractivity contribution in [3.8, 4) is 5.75 Å². The van der Waals surface area contributed by atoms with E-state index in [0.717, 1.165) is 20.7 Å². The molecule has 0 bridgehead atoms. The predicted molar refractivity (Wildman–Crippen MR) is 119 cm³/mol. The van der Waals surface area contributed by atoms with Gasteiger partial charge in [-0.1, -0.05) is 23.5 Å². The summed E-state index contributed by atoms with van der Waals surface area (Å²) in [4.78, 5) is 24.5. The van der Waals surface area contributed by atoms with Crippen LogP contribution in [0.3, 0.4) is 0 Å². The van der Waals surface area contributed by atoms with Gasteiger partial charge in [0.15, 0.2) is 5.13 Å². The Bertz CT molecular complexity index is 1150. The van der Waals surface area contributed by atoms with Gasteiger partial charge in [0, 0.05) is 17.3 Å². The molecule has 5 nitrogen and oxygen atoms in total. The van der Waals surface area contributed by atoms with Gasteiger partial charge in [-0.05, 0) is 48.0 Å². The van der Waals surface area contributed by atoms with E-state index in [0.29, 0.717) is 17.4 Å². The zero-order valence-electron chi connectivity index (χ0n) is 16.1. The minimum Gasteiger partial charge on any atom is -0.494 e. The first kappa shape index (κ1) is 20.3. The Labute approximate surface area is 181 Å². The van der Waals surface area contributed by atoms with Crippen LogP contribution in [0.25, 0.3) is 10.2 Å². The van der Waals surface area contributed by atoms with Crippen LogP contribution in [-0.2, 0) is 11.3 Å².